The molecule has 0 bridgehead atoms. The van der Waals surface area contributed by atoms with E-state index in [1.807, 2.05) is 31.2 Å². The van der Waals surface area contributed by atoms with Crippen LogP contribution in [0.3, 0.4) is 0 Å². The van der Waals surface area contributed by atoms with Crippen LogP contribution in [0.4, 0.5) is 14.5 Å². The second-order valence-corrected chi connectivity index (χ2v) is 6.79. The highest BCUT2D eigenvalue weighted by atomic mass is 19.3. The van der Waals surface area contributed by atoms with Crippen molar-refractivity contribution in [2.45, 2.75) is 44.6 Å². The van der Waals surface area contributed by atoms with Crippen molar-refractivity contribution in [3.05, 3.63) is 30.0 Å². The molecule has 1 aliphatic rings. The highest BCUT2D eigenvalue weighted by Crippen LogP contribution is 2.38. The summed E-state index contributed by atoms with van der Waals surface area (Å²) in [4.78, 5) is 4.55. The quantitative estimate of drug-likeness (QED) is 0.851. The van der Waals surface area contributed by atoms with Crippen LogP contribution in [-0.4, -0.2) is 35.8 Å². The lowest BCUT2D eigenvalue weighted by molar-refractivity contribution is -0.0490. The van der Waals surface area contributed by atoms with E-state index in [4.69, 9.17) is 4.74 Å². The normalized spacial score (nSPS) is 18.9. The molecular weight excluding hydrogens is 326 g/mol. The molecule has 0 spiro atoms. The Morgan fingerprint density at radius 1 is 1.36 bits per heavy atom. The van der Waals surface area contributed by atoms with Gasteiger partial charge >= 0.3 is 0 Å². The lowest BCUT2D eigenvalue weighted by atomic mass is 9.82. The Hall–Kier alpha value is -1.95. The van der Waals surface area contributed by atoms with Crippen LogP contribution >= 0.6 is 0 Å². The minimum absolute atomic E-state index is 0.0266. The number of alkyl halides is 2. The van der Waals surface area contributed by atoms with E-state index >= 15 is 0 Å². The predicted molar refractivity (Wildman–Crippen MR) is 94.4 cm³/mol. The Kier molecular flexibility index (Phi) is 5.08. The molecule has 1 aromatic heterocycles. The fourth-order valence-corrected chi connectivity index (χ4v) is 3.61. The van der Waals surface area contributed by atoms with Gasteiger partial charge in [0.25, 0.3) is 0 Å². The van der Waals surface area contributed by atoms with Gasteiger partial charge in [-0.2, -0.15) is 0 Å². The highest BCUT2D eigenvalue weighted by molar-refractivity contribution is 5.95. The van der Waals surface area contributed by atoms with E-state index in [0.717, 1.165) is 22.3 Å². The van der Waals surface area contributed by atoms with Crippen LogP contribution in [0.25, 0.3) is 10.9 Å². The first kappa shape index (κ1) is 17.9. The minimum Gasteiger partial charge on any atom is -0.494 e. The molecular formula is C19H24F2N2O2. The lowest BCUT2D eigenvalue weighted by Crippen LogP contribution is -2.37. The molecule has 1 aromatic carbocycles. The van der Waals surface area contributed by atoms with Gasteiger partial charge in [-0.15, -0.1) is 0 Å². The van der Waals surface area contributed by atoms with E-state index in [-0.39, 0.29) is 31.4 Å². The summed E-state index contributed by atoms with van der Waals surface area (Å²) in [5.74, 6) is -1.86. The summed E-state index contributed by atoms with van der Waals surface area (Å²) in [6, 6.07) is 7.34. The summed E-state index contributed by atoms with van der Waals surface area (Å²) in [5, 5.41) is 14.1. The number of benzene rings is 1. The topological polar surface area (TPSA) is 54.4 Å². The highest BCUT2D eigenvalue weighted by Gasteiger charge is 2.37. The number of anilines is 1. The largest absolute Gasteiger partial charge is 0.494 e. The number of halogens is 2. The maximum Gasteiger partial charge on any atom is 0.248 e. The fourth-order valence-electron chi connectivity index (χ4n) is 3.61. The molecule has 0 saturated heterocycles. The number of nitrogens with zero attached hydrogens (tertiary/aromatic N) is 1. The number of hydrogen-bond acceptors (Lipinski definition) is 4. The number of fused-ring (bicyclic) bond motifs is 1. The summed E-state index contributed by atoms with van der Waals surface area (Å²) in [5.41, 5.74) is 2.42. The molecule has 1 atom stereocenters. The van der Waals surface area contributed by atoms with Gasteiger partial charge in [-0.3, -0.25) is 0 Å². The van der Waals surface area contributed by atoms with Gasteiger partial charge in [-0.05, 0) is 37.8 Å². The molecule has 136 valence electrons. The number of ether oxygens (including phenoxy) is 1. The molecule has 0 amide bonds. The Balaban J connectivity index is 1.88. The van der Waals surface area contributed by atoms with Crippen LogP contribution < -0.4 is 10.1 Å². The molecule has 4 nitrogen and oxygen atoms in total. The zero-order chi connectivity index (χ0) is 18.0. The Morgan fingerprint density at radius 2 is 2.08 bits per heavy atom. The average Bonchev–Trinajstić information content (AvgIpc) is 2.59. The van der Waals surface area contributed by atoms with Crippen molar-refractivity contribution in [3.63, 3.8) is 0 Å². The molecule has 6 heteroatoms. The first-order valence-corrected chi connectivity index (χ1v) is 8.63. The van der Waals surface area contributed by atoms with E-state index in [9.17, 15) is 13.9 Å². The second kappa shape index (κ2) is 7.12. The van der Waals surface area contributed by atoms with Crippen molar-refractivity contribution in [1.82, 2.24) is 4.98 Å². The molecule has 2 aromatic rings. The second-order valence-electron chi connectivity index (χ2n) is 6.79. The van der Waals surface area contributed by atoms with E-state index in [1.165, 1.54) is 0 Å². The van der Waals surface area contributed by atoms with E-state index in [2.05, 4.69) is 10.3 Å². The molecule has 1 saturated carbocycles. The summed E-state index contributed by atoms with van der Waals surface area (Å²) in [6.07, 6.45) is 0.604. The maximum atomic E-state index is 13.4. The fraction of sp³-hybridized carbons (Fsp3) is 0.526. The lowest BCUT2D eigenvalue weighted by Gasteiger charge is -2.34. The number of aliphatic hydroxyl groups is 1. The number of aryl methyl sites for hydroxylation is 1. The first-order chi connectivity index (χ1) is 11.9. The third-order valence-corrected chi connectivity index (χ3v) is 5.02. The zero-order valence-electron chi connectivity index (χ0n) is 14.6. The number of pyridine rings is 1. The number of para-hydroxylation sites is 1. The molecule has 2 N–H and O–H groups in total. The first-order valence-electron chi connectivity index (χ1n) is 8.63. The van der Waals surface area contributed by atoms with Crippen molar-refractivity contribution < 1.29 is 18.6 Å². The third-order valence-electron chi connectivity index (χ3n) is 5.02. The van der Waals surface area contributed by atoms with Gasteiger partial charge in [0.15, 0.2) is 0 Å². The smallest absolute Gasteiger partial charge is 0.248 e. The molecule has 1 unspecified atom stereocenters. The molecule has 1 aliphatic carbocycles. The number of methoxy groups -OCH3 is 1. The van der Waals surface area contributed by atoms with Gasteiger partial charge in [0.2, 0.25) is 5.92 Å². The molecule has 0 radical (unpaired) electrons. The van der Waals surface area contributed by atoms with Gasteiger partial charge in [0.1, 0.15) is 11.3 Å². The number of aromatic nitrogens is 1. The Labute approximate surface area is 146 Å². The van der Waals surface area contributed by atoms with Crippen LogP contribution in [0.15, 0.2) is 24.3 Å². The van der Waals surface area contributed by atoms with Crippen LogP contribution in [0.1, 0.15) is 31.4 Å². The van der Waals surface area contributed by atoms with Crippen LogP contribution in [0.5, 0.6) is 5.75 Å². The Bertz CT molecular complexity index is 742. The van der Waals surface area contributed by atoms with Gasteiger partial charge in [0.05, 0.1) is 19.8 Å². The van der Waals surface area contributed by atoms with E-state index in [0.29, 0.717) is 18.6 Å². The van der Waals surface area contributed by atoms with Crippen LogP contribution in [0.2, 0.25) is 0 Å². The van der Waals surface area contributed by atoms with Crippen molar-refractivity contribution in [1.29, 1.82) is 0 Å². The summed E-state index contributed by atoms with van der Waals surface area (Å²) >= 11 is 0. The minimum atomic E-state index is -2.57. The maximum absolute atomic E-state index is 13.4. The van der Waals surface area contributed by atoms with Crippen LogP contribution in [-0.2, 0) is 0 Å². The number of aliphatic hydroxyl groups excluding tert-OH is 1. The van der Waals surface area contributed by atoms with Gasteiger partial charge in [0, 0.05) is 29.6 Å². The predicted octanol–water partition coefficient (Wildman–Crippen LogP) is 4.15. The SMILES string of the molecule is COc1cccc2c(NC(CO)C3CCC(F)(F)CC3)cc(C)nc12. The van der Waals surface area contributed by atoms with Crippen LogP contribution in [0, 0.1) is 12.8 Å². The van der Waals surface area contributed by atoms with Crippen molar-refractivity contribution in [2.75, 3.05) is 19.0 Å². The van der Waals surface area contributed by atoms with E-state index in [1.54, 1.807) is 7.11 Å². The number of nitrogens with one attached hydrogen (secondary N) is 1. The summed E-state index contributed by atoms with van der Waals surface area (Å²) in [6.45, 7) is 1.80. The van der Waals surface area contributed by atoms with Gasteiger partial charge in [-0.25, -0.2) is 13.8 Å². The van der Waals surface area contributed by atoms with Crippen molar-refractivity contribution in [3.8, 4) is 5.75 Å². The average molecular weight is 350 g/mol. The number of rotatable bonds is 5. The zero-order valence-corrected chi connectivity index (χ0v) is 14.6. The summed E-state index contributed by atoms with van der Waals surface area (Å²) < 4.78 is 32.2. The van der Waals surface area contributed by atoms with Gasteiger partial charge in [-0.1, -0.05) is 12.1 Å². The van der Waals surface area contributed by atoms with Gasteiger partial charge < -0.3 is 15.2 Å². The molecule has 0 aliphatic heterocycles. The molecule has 1 heterocycles. The third kappa shape index (κ3) is 3.84. The standard InChI is InChI=1S/C19H24F2N2O2/c1-12-10-15(14-4-3-5-17(25-2)18(14)22-12)23-16(11-24)13-6-8-19(20,21)9-7-13/h3-5,10,13,16,24H,6-9,11H2,1-2H3,(H,22,23). The molecule has 1 fully saturated rings. The van der Waals surface area contributed by atoms with E-state index < -0.39 is 5.92 Å². The molecule has 3 rings (SSSR count). The summed E-state index contributed by atoms with van der Waals surface area (Å²) in [7, 11) is 1.60. The van der Waals surface area contributed by atoms with Crippen molar-refractivity contribution >= 4 is 16.6 Å². The molecule has 25 heavy (non-hydrogen) atoms. The number of hydrogen-bond donors (Lipinski definition) is 2. The Morgan fingerprint density at radius 3 is 2.72 bits per heavy atom. The van der Waals surface area contributed by atoms with Crippen molar-refractivity contribution in [2.24, 2.45) is 5.92 Å². The monoisotopic (exact) mass is 350 g/mol.